The van der Waals surface area contributed by atoms with E-state index < -0.39 is 0 Å². The van der Waals surface area contributed by atoms with Gasteiger partial charge in [0.2, 0.25) is 0 Å². The van der Waals surface area contributed by atoms with Crippen LogP contribution in [0.5, 0.6) is 0 Å². The lowest BCUT2D eigenvalue weighted by atomic mass is 9.83. The molecule has 0 spiro atoms. The Kier molecular flexibility index (Phi) is 5.98. The van der Waals surface area contributed by atoms with Crippen LogP contribution in [0.2, 0.25) is 0 Å². The summed E-state index contributed by atoms with van der Waals surface area (Å²) in [5, 5.41) is 0.273. The first-order valence-corrected chi connectivity index (χ1v) is 6.35. The van der Waals surface area contributed by atoms with Crippen molar-refractivity contribution in [2.45, 2.75) is 53.1 Å². The second-order valence-corrected chi connectivity index (χ2v) is 6.34. The molecule has 0 bridgehead atoms. The normalized spacial score (nSPS) is 13.9. The molecule has 1 heteroatoms. The summed E-state index contributed by atoms with van der Waals surface area (Å²) in [6.45, 7) is 13.7. The Balaban J connectivity index is 4.45. The average Bonchev–Trinajstić information content (AvgIpc) is 2.02. The number of hydrogen-bond acceptors (Lipinski definition) is 0. The predicted molar refractivity (Wildman–Crippen MR) is 70.7 cm³/mol. The average molecular weight is 214 g/mol. The highest BCUT2D eigenvalue weighted by Crippen LogP contribution is 2.37. The van der Waals surface area contributed by atoms with E-state index in [0.29, 0.717) is 11.8 Å². The van der Waals surface area contributed by atoms with Gasteiger partial charge in [-0.05, 0) is 24.2 Å². The molecule has 84 valence electrons. The molecule has 0 aliphatic rings. The first-order valence-electron chi connectivity index (χ1n) is 5.77. The molecule has 0 N–H and O–H groups in total. The van der Waals surface area contributed by atoms with E-state index in [4.69, 9.17) is 0 Å². The summed E-state index contributed by atoms with van der Waals surface area (Å²) in [5.41, 5.74) is 0. The third-order valence-corrected chi connectivity index (χ3v) is 4.54. The molecule has 0 rings (SSSR count). The second kappa shape index (κ2) is 5.91. The largest absolute Gasteiger partial charge is 0.126 e. The van der Waals surface area contributed by atoms with Gasteiger partial charge in [0.15, 0.2) is 0 Å². The van der Waals surface area contributed by atoms with Crippen molar-refractivity contribution < 1.29 is 0 Å². The van der Waals surface area contributed by atoms with Crippen LogP contribution in [0, 0.1) is 17.8 Å². The van der Waals surface area contributed by atoms with E-state index in [1.165, 1.54) is 6.42 Å². The summed E-state index contributed by atoms with van der Waals surface area (Å²) in [6, 6.07) is 0. The molecule has 0 amide bonds. The van der Waals surface area contributed by atoms with Gasteiger partial charge in [-0.3, -0.25) is 0 Å². The van der Waals surface area contributed by atoms with Crippen molar-refractivity contribution in [3.63, 3.8) is 0 Å². The summed E-state index contributed by atoms with van der Waals surface area (Å²) in [7, 11) is 3.04. The van der Waals surface area contributed by atoms with Crippen molar-refractivity contribution in [2.75, 3.05) is 0 Å². The van der Waals surface area contributed by atoms with Crippen LogP contribution in [-0.4, -0.2) is 5.16 Å². The summed E-state index contributed by atoms with van der Waals surface area (Å²) in [4.78, 5) is 0. The van der Waals surface area contributed by atoms with Gasteiger partial charge < -0.3 is 0 Å². The monoisotopic (exact) mass is 214 g/mol. The van der Waals surface area contributed by atoms with Gasteiger partial charge >= 0.3 is 0 Å². The van der Waals surface area contributed by atoms with E-state index in [0.717, 1.165) is 5.92 Å². The molecule has 1 atom stereocenters. The van der Waals surface area contributed by atoms with Gasteiger partial charge in [0, 0.05) is 5.16 Å². The Morgan fingerprint density at radius 1 is 1.00 bits per heavy atom. The van der Waals surface area contributed by atoms with E-state index in [-0.39, 0.29) is 5.16 Å². The fourth-order valence-corrected chi connectivity index (χ4v) is 1.73. The topological polar surface area (TPSA) is 0 Å². The molecule has 0 nitrogen and oxygen atoms in total. The Labute approximate surface area is 92.8 Å². The van der Waals surface area contributed by atoms with Crippen LogP contribution in [0.1, 0.15) is 48.0 Å². The predicted octanol–water partition coefficient (Wildman–Crippen LogP) is 4.51. The Hall–Kier alpha value is 0.170. The van der Waals surface area contributed by atoms with Gasteiger partial charge in [-0.1, -0.05) is 53.7 Å². The molecule has 0 fully saturated rings. The Morgan fingerprint density at radius 2 is 1.43 bits per heavy atom. The molecule has 0 aliphatic carbocycles. The standard InChI is InChI=1S/C13H27P/c1-10(2)8-7-9-13(14,11(3)4)12(5)6/h7,9-12H,8,14H2,1-6H3. The van der Waals surface area contributed by atoms with Crippen LogP contribution < -0.4 is 0 Å². The van der Waals surface area contributed by atoms with Gasteiger partial charge in [0.1, 0.15) is 0 Å². The zero-order valence-corrected chi connectivity index (χ0v) is 11.8. The molecular formula is C13H27P. The quantitative estimate of drug-likeness (QED) is 0.466. The molecule has 0 aromatic heterocycles. The minimum absolute atomic E-state index is 0.273. The van der Waals surface area contributed by atoms with Crippen molar-refractivity contribution in [1.29, 1.82) is 0 Å². The molecule has 0 saturated carbocycles. The maximum absolute atomic E-state index is 3.04. The fraction of sp³-hybridized carbons (Fsp3) is 0.846. The number of hydrogen-bond donors (Lipinski definition) is 0. The maximum atomic E-state index is 3.04. The summed E-state index contributed by atoms with van der Waals surface area (Å²) in [5.74, 6) is 2.12. The molecule has 0 aromatic rings. The molecule has 0 saturated heterocycles. The number of rotatable bonds is 5. The lowest BCUT2D eigenvalue weighted by Crippen LogP contribution is -2.31. The van der Waals surface area contributed by atoms with E-state index in [1.807, 2.05) is 0 Å². The number of allylic oxidation sites excluding steroid dienone is 2. The van der Waals surface area contributed by atoms with Gasteiger partial charge in [-0.25, -0.2) is 0 Å². The van der Waals surface area contributed by atoms with E-state index in [2.05, 4.69) is 62.9 Å². The molecule has 14 heavy (non-hydrogen) atoms. The van der Waals surface area contributed by atoms with E-state index in [9.17, 15) is 0 Å². The molecule has 0 aliphatic heterocycles. The van der Waals surface area contributed by atoms with Crippen molar-refractivity contribution in [2.24, 2.45) is 17.8 Å². The van der Waals surface area contributed by atoms with E-state index in [1.54, 1.807) is 0 Å². The maximum Gasteiger partial charge on any atom is 0.00726 e. The van der Waals surface area contributed by atoms with Gasteiger partial charge in [0.25, 0.3) is 0 Å². The zero-order valence-electron chi connectivity index (χ0n) is 10.7. The smallest absolute Gasteiger partial charge is 0.00726 e. The van der Waals surface area contributed by atoms with Gasteiger partial charge in [0.05, 0.1) is 0 Å². The molecular weight excluding hydrogens is 187 g/mol. The second-order valence-electron chi connectivity index (χ2n) is 5.34. The van der Waals surface area contributed by atoms with Crippen LogP contribution in [-0.2, 0) is 0 Å². The molecule has 0 aromatic carbocycles. The summed E-state index contributed by atoms with van der Waals surface area (Å²) < 4.78 is 0. The lowest BCUT2D eigenvalue weighted by Gasteiger charge is -2.34. The molecule has 1 unspecified atom stereocenters. The first-order chi connectivity index (χ1) is 6.30. The Bertz CT molecular complexity index is 170. The zero-order chi connectivity index (χ0) is 11.4. The minimum atomic E-state index is 0.273. The third-order valence-electron chi connectivity index (χ3n) is 3.01. The van der Waals surface area contributed by atoms with Gasteiger partial charge in [-0.2, -0.15) is 0 Å². The highest BCUT2D eigenvalue weighted by atomic mass is 31.0. The SMILES string of the molecule is CC(C)CC=CC(P)(C(C)C)C(C)C. The van der Waals surface area contributed by atoms with Crippen LogP contribution in [0.15, 0.2) is 12.2 Å². The Morgan fingerprint density at radius 3 is 1.71 bits per heavy atom. The summed E-state index contributed by atoms with van der Waals surface area (Å²) >= 11 is 0. The summed E-state index contributed by atoms with van der Waals surface area (Å²) in [6.07, 6.45) is 5.93. The van der Waals surface area contributed by atoms with Crippen molar-refractivity contribution in [3.05, 3.63) is 12.2 Å². The van der Waals surface area contributed by atoms with Crippen LogP contribution in [0.25, 0.3) is 0 Å². The highest BCUT2D eigenvalue weighted by molar-refractivity contribution is 7.19. The fourth-order valence-electron chi connectivity index (χ4n) is 1.60. The first kappa shape index (κ1) is 14.2. The molecule has 0 heterocycles. The third kappa shape index (κ3) is 4.13. The van der Waals surface area contributed by atoms with Crippen molar-refractivity contribution in [1.82, 2.24) is 0 Å². The van der Waals surface area contributed by atoms with Crippen molar-refractivity contribution >= 4 is 9.24 Å². The van der Waals surface area contributed by atoms with Crippen molar-refractivity contribution in [3.8, 4) is 0 Å². The van der Waals surface area contributed by atoms with Gasteiger partial charge in [-0.15, -0.1) is 9.24 Å². The highest BCUT2D eigenvalue weighted by Gasteiger charge is 2.28. The van der Waals surface area contributed by atoms with Crippen LogP contribution in [0.3, 0.4) is 0 Å². The lowest BCUT2D eigenvalue weighted by molar-refractivity contribution is 0.397. The van der Waals surface area contributed by atoms with Crippen LogP contribution >= 0.6 is 9.24 Å². The van der Waals surface area contributed by atoms with E-state index >= 15 is 0 Å². The molecule has 0 radical (unpaired) electrons. The minimum Gasteiger partial charge on any atom is -0.126 e. The van der Waals surface area contributed by atoms with Crippen LogP contribution in [0.4, 0.5) is 0 Å².